The van der Waals surface area contributed by atoms with Crippen LogP contribution in [0.1, 0.15) is 107 Å². The summed E-state index contributed by atoms with van der Waals surface area (Å²) in [5.41, 5.74) is -0.489. The minimum Gasteiger partial charge on any atom is -0.454 e. The van der Waals surface area contributed by atoms with Gasteiger partial charge in [0.1, 0.15) is 22.7 Å². The summed E-state index contributed by atoms with van der Waals surface area (Å²) in [7, 11) is 0. The van der Waals surface area contributed by atoms with Crippen molar-refractivity contribution in [1.82, 2.24) is 9.55 Å². The predicted octanol–water partition coefficient (Wildman–Crippen LogP) is 6.01. The van der Waals surface area contributed by atoms with Crippen LogP contribution in [0, 0.1) is 5.41 Å². The Balaban J connectivity index is 1.95. The summed E-state index contributed by atoms with van der Waals surface area (Å²) in [6.45, 7) is 14.9. The minimum atomic E-state index is -1.46. The molecule has 3 aromatic rings. The van der Waals surface area contributed by atoms with E-state index in [-0.39, 0.29) is 23.5 Å². The first-order valence-electron chi connectivity index (χ1n) is 15.0. The number of aryl methyl sites for hydroxylation is 1. The Morgan fingerprint density at radius 3 is 2.04 bits per heavy atom. The van der Waals surface area contributed by atoms with E-state index in [9.17, 15) is 24.3 Å². The number of aromatic nitrogens is 2. The molecule has 0 radical (unpaired) electrons. The quantitative estimate of drug-likeness (QED) is 0.118. The number of rotatable bonds is 11. The maximum atomic E-state index is 13.4. The molecular formula is C35H44N2O8. The Labute approximate surface area is 264 Å². The highest BCUT2D eigenvalue weighted by molar-refractivity contribution is 6.42. The fourth-order valence-electron chi connectivity index (χ4n) is 4.48. The topological polar surface area (TPSA) is 134 Å². The number of nitrogens with zero attached hydrogens (tertiary/aromatic N) is 2. The van der Waals surface area contributed by atoms with Gasteiger partial charge in [-0.25, -0.2) is 14.6 Å². The summed E-state index contributed by atoms with van der Waals surface area (Å²) in [4.78, 5) is 55.7. The summed E-state index contributed by atoms with van der Waals surface area (Å²) < 4.78 is 17.5. The number of benzene rings is 2. The van der Waals surface area contributed by atoms with Gasteiger partial charge in [0, 0.05) is 18.5 Å². The molecule has 242 valence electrons. The van der Waals surface area contributed by atoms with Gasteiger partial charge in [0.05, 0.1) is 5.41 Å². The van der Waals surface area contributed by atoms with Crippen molar-refractivity contribution in [2.24, 2.45) is 5.41 Å². The number of ketones is 1. The molecule has 45 heavy (non-hydrogen) atoms. The van der Waals surface area contributed by atoms with Gasteiger partial charge in [0.15, 0.2) is 5.69 Å². The van der Waals surface area contributed by atoms with Gasteiger partial charge in [0.2, 0.25) is 6.79 Å². The van der Waals surface area contributed by atoms with E-state index >= 15 is 0 Å². The molecule has 0 bridgehead atoms. The van der Waals surface area contributed by atoms with Crippen molar-refractivity contribution in [3.05, 3.63) is 76.9 Å². The lowest BCUT2D eigenvalue weighted by atomic mass is 9.96. The second-order valence-electron chi connectivity index (χ2n) is 13.4. The Morgan fingerprint density at radius 2 is 1.49 bits per heavy atom. The van der Waals surface area contributed by atoms with Crippen LogP contribution in [-0.4, -0.2) is 50.7 Å². The fraction of sp³-hybridized carbons (Fsp3) is 0.457. The fourth-order valence-corrected chi connectivity index (χ4v) is 4.48. The van der Waals surface area contributed by atoms with Crippen molar-refractivity contribution in [3.8, 4) is 11.1 Å². The van der Waals surface area contributed by atoms with E-state index in [1.807, 2.05) is 31.2 Å². The summed E-state index contributed by atoms with van der Waals surface area (Å²) in [5.74, 6) is -2.37. The molecule has 3 rings (SSSR count). The first-order valence-corrected chi connectivity index (χ1v) is 15.0. The normalized spacial score (nSPS) is 12.0. The van der Waals surface area contributed by atoms with E-state index in [0.717, 1.165) is 12.0 Å². The minimum absolute atomic E-state index is 0.0649. The van der Waals surface area contributed by atoms with E-state index in [2.05, 4.69) is 4.98 Å². The highest BCUT2D eigenvalue weighted by atomic mass is 16.7. The summed E-state index contributed by atoms with van der Waals surface area (Å²) in [6, 6.07) is 14.2. The average Bonchev–Trinajstić information content (AvgIpc) is 3.30. The maximum absolute atomic E-state index is 13.4. The smallest absolute Gasteiger partial charge is 0.380 e. The first kappa shape index (κ1) is 35.2. The van der Waals surface area contributed by atoms with Crippen LogP contribution in [0.4, 0.5) is 0 Å². The van der Waals surface area contributed by atoms with Crippen molar-refractivity contribution in [2.45, 2.75) is 92.9 Å². The summed E-state index contributed by atoms with van der Waals surface area (Å²) >= 11 is 0. The number of carbonyl (C=O) groups excluding carboxylic acids is 4. The Morgan fingerprint density at radius 1 is 0.867 bits per heavy atom. The number of esters is 3. The lowest BCUT2D eigenvalue weighted by molar-refractivity contribution is -0.161. The van der Waals surface area contributed by atoms with E-state index < -0.39 is 47.1 Å². The lowest BCUT2D eigenvalue weighted by Gasteiger charge is -2.19. The van der Waals surface area contributed by atoms with Gasteiger partial charge < -0.3 is 23.9 Å². The molecule has 1 N–H and O–H groups in total. The van der Waals surface area contributed by atoms with Gasteiger partial charge in [-0.1, -0.05) is 55.5 Å². The van der Waals surface area contributed by atoms with Gasteiger partial charge >= 0.3 is 17.9 Å². The van der Waals surface area contributed by atoms with Crippen LogP contribution in [0.3, 0.4) is 0 Å². The summed E-state index contributed by atoms with van der Waals surface area (Å²) in [6.07, 6.45) is 1.27. The Bertz CT molecular complexity index is 1550. The monoisotopic (exact) mass is 620 g/mol. The highest BCUT2D eigenvalue weighted by Gasteiger charge is 2.33. The van der Waals surface area contributed by atoms with Crippen molar-refractivity contribution < 1.29 is 38.5 Å². The molecule has 0 aliphatic heterocycles. The van der Waals surface area contributed by atoms with Crippen LogP contribution >= 0.6 is 0 Å². The van der Waals surface area contributed by atoms with Crippen LogP contribution in [0.25, 0.3) is 11.1 Å². The number of hydrogen-bond donors (Lipinski definition) is 1. The Hall–Kier alpha value is -4.31. The molecule has 0 unspecified atom stereocenters. The third kappa shape index (κ3) is 9.11. The van der Waals surface area contributed by atoms with Crippen molar-refractivity contribution >= 4 is 23.7 Å². The predicted molar refractivity (Wildman–Crippen MR) is 168 cm³/mol. The molecular weight excluding hydrogens is 576 g/mol. The van der Waals surface area contributed by atoms with Crippen molar-refractivity contribution in [2.75, 3.05) is 6.79 Å². The zero-order valence-electron chi connectivity index (χ0n) is 27.6. The first-order chi connectivity index (χ1) is 20.8. The maximum Gasteiger partial charge on any atom is 0.380 e. The largest absolute Gasteiger partial charge is 0.454 e. The summed E-state index contributed by atoms with van der Waals surface area (Å²) in [5, 5.41) is 10.9. The molecule has 0 atom stereocenters. The number of ether oxygens (including phenoxy) is 3. The van der Waals surface area contributed by atoms with Gasteiger partial charge in [-0.3, -0.25) is 9.59 Å². The second-order valence-corrected chi connectivity index (χ2v) is 13.4. The number of hydrogen-bond acceptors (Lipinski definition) is 9. The SMILES string of the molecule is CCCc1nc(C(C)(C)O)c(C(=O)OCOC(=O)C(C)(C)C)n1Cc1ccc(-c2ccccc2C(=O)C(=O)OC(C)(C)C)cc1. The van der Waals surface area contributed by atoms with Crippen LogP contribution in [0.15, 0.2) is 48.5 Å². The molecule has 10 heteroatoms. The van der Waals surface area contributed by atoms with Gasteiger partial charge in [-0.05, 0) is 78.5 Å². The zero-order valence-corrected chi connectivity index (χ0v) is 27.6. The van der Waals surface area contributed by atoms with Gasteiger partial charge in [-0.15, -0.1) is 0 Å². The average molecular weight is 621 g/mol. The van der Waals surface area contributed by atoms with Crippen LogP contribution in [0.5, 0.6) is 0 Å². The van der Waals surface area contributed by atoms with E-state index in [4.69, 9.17) is 14.2 Å². The van der Waals surface area contributed by atoms with E-state index in [0.29, 0.717) is 23.4 Å². The highest BCUT2D eigenvalue weighted by Crippen LogP contribution is 2.29. The molecule has 0 fully saturated rings. The third-order valence-electron chi connectivity index (χ3n) is 6.65. The lowest BCUT2D eigenvalue weighted by Crippen LogP contribution is -2.29. The molecule has 0 amide bonds. The van der Waals surface area contributed by atoms with Crippen molar-refractivity contribution in [3.63, 3.8) is 0 Å². The zero-order chi connectivity index (χ0) is 33.7. The van der Waals surface area contributed by atoms with Gasteiger partial charge in [0.25, 0.3) is 5.78 Å². The molecule has 0 aliphatic rings. The van der Waals surface area contributed by atoms with Crippen LogP contribution < -0.4 is 0 Å². The molecule has 0 spiro atoms. The Kier molecular flexibility index (Phi) is 10.8. The molecule has 0 saturated heterocycles. The number of aliphatic hydroxyl groups is 1. The molecule has 1 aromatic heterocycles. The van der Waals surface area contributed by atoms with Crippen LogP contribution in [0.2, 0.25) is 0 Å². The number of Topliss-reactive ketones (excluding diaryl/α,β-unsaturated/α-hetero) is 1. The van der Waals surface area contributed by atoms with Gasteiger partial charge in [-0.2, -0.15) is 0 Å². The molecule has 1 heterocycles. The standard InChI is InChI=1S/C35H44N2O8/c1-10-13-26-36-29(35(8,9)42)27(30(39)43-21-44-32(41)33(2,3)4)37(26)20-22-16-18-23(19-17-22)24-14-11-12-15-25(24)28(38)31(40)45-34(5,6)7/h11-12,14-19,42H,10,13,20-21H2,1-9H3. The van der Waals surface area contributed by atoms with E-state index in [1.54, 1.807) is 70.4 Å². The molecule has 2 aromatic carbocycles. The molecule has 0 saturated carbocycles. The second kappa shape index (κ2) is 13.8. The molecule has 10 nitrogen and oxygen atoms in total. The van der Waals surface area contributed by atoms with Crippen LogP contribution in [-0.2, 0) is 42.4 Å². The van der Waals surface area contributed by atoms with E-state index in [1.165, 1.54) is 13.8 Å². The number of carbonyl (C=O) groups is 4. The number of imidazole rings is 1. The van der Waals surface area contributed by atoms with Crippen molar-refractivity contribution in [1.29, 1.82) is 0 Å². The molecule has 0 aliphatic carbocycles. The third-order valence-corrected chi connectivity index (χ3v) is 6.65.